The summed E-state index contributed by atoms with van der Waals surface area (Å²) in [7, 11) is 0. The third kappa shape index (κ3) is 3.29. The SMILES string of the molecule is Cc1ccc(Nc2ccc([N+](=O)[O-])cc2C(=O)O)cc1Cl. The Labute approximate surface area is 125 Å². The molecule has 0 aromatic heterocycles. The molecule has 0 atom stereocenters. The van der Waals surface area contributed by atoms with E-state index in [4.69, 9.17) is 16.7 Å². The molecule has 2 aromatic rings. The number of non-ortho nitro benzene ring substituents is 1. The Kier molecular flexibility index (Phi) is 4.09. The Morgan fingerprint density at radius 3 is 2.57 bits per heavy atom. The number of hydrogen-bond acceptors (Lipinski definition) is 4. The van der Waals surface area contributed by atoms with E-state index >= 15 is 0 Å². The summed E-state index contributed by atoms with van der Waals surface area (Å²) >= 11 is 6.00. The largest absolute Gasteiger partial charge is 0.478 e. The Morgan fingerprint density at radius 2 is 2.00 bits per heavy atom. The van der Waals surface area contributed by atoms with Gasteiger partial charge in [0.05, 0.1) is 16.2 Å². The fraction of sp³-hybridized carbons (Fsp3) is 0.0714. The van der Waals surface area contributed by atoms with E-state index in [1.807, 2.05) is 6.92 Å². The quantitative estimate of drug-likeness (QED) is 0.658. The van der Waals surface area contributed by atoms with Crippen molar-refractivity contribution in [2.75, 3.05) is 5.32 Å². The van der Waals surface area contributed by atoms with Crippen molar-refractivity contribution < 1.29 is 14.8 Å². The van der Waals surface area contributed by atoms with Crippen LogP contribution in [0.2, 0.25) is 5.02 Å². The molecule has 0 unspecified atom stereocenters. The molecule has 0 aliphatic rings. The summed E-state index contributed by atoms with van der Waals surface area (Å²) in [6.07, 6.45) is 0. The van der Waals surface area contributed by atoms with Crippen molar-refractivity contribution >= 4 is 34.6 Å². The number of nitrogens with zero attached hydrogens (tertiary/aromatic N) is 1. The van der Waals surface area contributed by atoms with Crippen LogP contribution in [-0.2, 0) is 0 Å². The predicted octanol–water partition coefficient (Wildman–Crippen LogP) is 4.00. The van der Waals surface area contributed by atoms with Crippen LogP contribution in [0.1, 0.15) is 15.9 Å². The molecule has 2 N–H and O–H groups in total. The normalized spacial score (nSPS) is 10.2. The van der Waals surface area contributed by atoms with Gasteiger partial charge in [-0.25, -0.2) is 4.79 Å². The molecule has 2 aromatic carbocycles. The van der Waals surface area contributed by atoms with Crippen LogP contribution in [0, 0.1) is 17.0 Å². The summed E-state index contributed by atoms with van der Waals surface area (Å²) in [5.74, 6) is -1.25. The van der Waals surface area contributed by atoms with Crippen molar-refractivity contribution in [3.63, 3.8) is 0 Å². The molecular formula is C14H11ClN2O4. The monoisotopic (exact) mass is 306 g/mol. The number of aryl methyl sites for hydroxylation is 1. The van der Waals surface area contributed by atoms with Gasteiger partial charge in [-0.05, 0) is 30.7 Å². The fourth-order valence-electron chi connectivity index (χ4n) is 1.76. The lowest BCUT2D eigenvalue weighted by molar-refractivity contribution is -0.384. The van der Waals surface area contributed by atoms with Crippen LogP contribution in [0.25, 0.3) is 0 Å². The summed E-state index contributed by atoms with van der Waals surface area (Å²) in [4.78, 5) is 21.3. The number of nitro benzene ring substituents is 1. The molecule has 0 aliphatic heterocycles. The molecule has 2 rings (SSSR count). The summed E-state index contributed by atoms with van der Waals surface area (Å²) in [6, 6.07) is 8.80. The highest BCUT2D eigenvalue weighted by atomic mass is 35.5. The minimum absolute atomic E-state index is 0.180. The second kappa shape index (κ2) is 5.80. The number of nitrogens with one attached hydrogen (secondary N) is 1. The first-order valence-electron chi connectivity index (χ1n) is 5.93. The van der Waals surface area contributed by atoms with E-state index in [2.05, 4.69) is 5.32 Å². The smallest absolute Gasteiger partial charge is 0.338 e. The van der Waals surface area contributed by atoms with Gasteiger partial charge in [-0.15, -0.1) is 0 Å². The number of carboxylic acids is 1. The van der Waals surface area contributed by atoms with Gasteiger partial charge in [0.25, 0.3) is 5.69 Å². The van der Waals surface area contributed by atoms with E-state index in [0.29, 0.717) is 10.7 Å². The molecular weight excluding hydrogens is 296 g/mol. The van der Waals surface area contributed by atoms with E-state index in [-0.39, 0.29) is 16.9 Å². The van der Waals surface area contributed by atoms with Gasteiger partial charge in [-0.2, -0.15) is 0 Å². The maximum Gasteiger partial charge on any atom is 0.338 e. The summed E-state index contributed by atoms with van der Waals surface area (Å²) in [5.41, 5.74) is 1.29. The first-order chi connectivity index (χ1) is 9.88. The average molecular weight is 307 g/mol. The highest BCUT2D eigenvalue weighted by molar-refractivity contribution is 6.31. The molecule has 0 amide bonds. The second-order valence-corrected chi connectivity index (χ2v) is 4.79. The number of hydrogen-bond donors (Lipinski definition) is 2. The predicted molar refractivity (Wildman–Crippen MR) is 79.5 cm³/mol. The maximum absolute atomic E-state index is 11.2. The highest BCUT2D eigenvalue weighted by Gasteiger charge is 2.16. The lowest BCUT2D eigenvalue weighted by Gasteiger charge is -2.10. The van der Waals surface area contributed by atoms with E-state index in [9.17, 15) is 14.9 Å². The van der Waals surface area contributed by atoms with Crippen LogP contribution in [0.5, 0.6) is 0 Å². The van der Waals surface area contributed by atoms with Crippen LogP contribution in [0.3, 0.4) is 0 Å². The number of benzene rings is 2. The zero-order valence-corrected chi connectivity index (χ0v) is 11.7. The first-order valence-corrected chi connectivity index (χ1v) is 6.31. The second-order valence-electron chi connectivity index (χ2n) is 4.38. The van der Waals surface area contributed by atoms with Gasteiger partial charge in [0, 0.05) is 22.8 Å². The zero-order chi connectivity index (χ0) is 15.6. The van der Waals surface area contributed by atoms with Crippen molar-refractivity contribution in [2.45, 2.75) is 6.92 Å². The van der Waals surface area contributed by atoms with Crippen molar-refractivity contribution in [1.29, 1.82) is 0 Å². The molecule has 0 saturated carbocycles. The zero-order valence-electron chi connectivity index (χ0n) is 11.0. The molecule has 6 nitrogen and oxygen atoms in total. The van der Waals surface area contributed by atoms with E-state index < -0.39 is 10.9 Å². The molecule has 0 bridgehead atoms. The number of nitro groups is 1. The number of carboxylic acid groups (broad SMARTS) is 1. The number of anilines is 2. The van der Waals surface area contributed by atoms with Crippen LogP contribution in [0.4, 0.5) is 17.1 Å². The Bertz CT molecular complexity index is 731. The molecule has 108 valence electrons. The van der Waals surface area contributed by atoms with Crippen LogP contribution in [-0.4, -0.2) is 16.0 Å². The van der Waals surface area contributed by atoms with E-state index in [0.717, 1.165) is 11.6 Å². The third-order valence-electron chi connectivity index (χ3n) is 2.90. The molecule has 0 spiro atoms. The highest BCUT2D eigenvalue weighted by Crippen LogP contribution is 2.27. The van der Waals surface area contributed by atoms with Crippen molar-refractivity contribution in [3.8, 4) is 0 Å². The topological polar surface area (TPSA) is 92.5 Å². The molecule has 0 aliphatic carbocycles. The summed E-state index contributed by atoms with van der Waals surface area (Å²) in [6.45, 7) is 1.85. The Hall–Kier alpha value is -2.60. The van der Waals surface area contributed by atoms with Crippen LogP contribution < -0.4 is 5.32 Å². The molecule has 21 heavy (non-hydrogen) atoms. The Morgan fingerprint density at radius 1 is 1.29 bits per heavy atom. The van der Waals surface area contributed by atoms with Gasteiger partial charge in [-0.1, -0.05) is 17.7 Å². The minimum Gasteiger partial charge on any atom is -0.478 e. The molecule has 7 heteroatoms. The molecule has 0 heterocycles. The molecule has 0 fully saturated rings. The van der Waals surface area contributed by atoms with Crippen LogP contribution in [0.15, 0.2) is 36.4 Å². The number of aromatic carboxylic acids is 1. The maximum atomic E-state index is 11.2. The lowest BCUT2D eigenvalue weighted by Crippen LogP contribution is -2.04. The fourth-order valence-corrected chi connectivity index (χ4v) is 1.94. The average Bonchev–Trinajstić information content (AvgIpc) is 2.43. The van der Waals surface area contributed by atoms with Gasteiger partial charge >= 0.3 is 5.97 Å². The van der Waals surface area contributed by atoms with Gasteiger partial charge in [0.15, 0.2) is 0 Å². The van der Waals surface area contributed by atoms with Gasteiger partial charge < -0.3 is 10.4 Å². The van der Waals surface area contributed by atoms with Gasteiger partial charge in [-0.3, -0.25) is 10.1 Å². The number of carbonyl (C=O) groups is 1. The van der Waals surface area contributed by atoms with Gasteiger partial charge in [0.1, 0.15) is 0 Å². The van der Waals surface area contributed by atoms with Crippen molar-refractivity contribution in [3.05, 3.63) is 62.7 Å². The minimum atomic E-state index is -1.25. The summed E-state index contributed by atoms with van der Waals surface area (Å²) in [5, 5.41) is 23.3. The standard InChI is InChI=1S/C14H11ClN2O4/c1-8-2-3-9(6-12(8)15)16-13-5-4-10(17(20)21)7-11(13)14(18)19/h2-7,16H,1H3,(H,18,19). The van der Waals surface area contributed by atoms with Crippen molar-refractivity contribution in [1.82, 2.24) is 0 Å². The van der Waals surface area contributed by atoms with Crippen LogP contribution >= 0.6 is 11.6 Å². The first kappa shape index (κ1) is 14.8. The number of halogens is 1. The Balaban J connectivity index is 2.41. The third-order valence-corrected chi connectivity index (χ3v) is 3.30. The molecule has 0 saturated heterocycles. The van der Waals surface area contributed by atoms with E-state index in [1.165, 1.54) is 12.1 Å². The lowest BCUT2D eigenvalue weighted by atomic mass is 10.1. The van der Waals surface area contributed by atoms with E-state index in [1.54, 1.807) is 18.2 Å². The summed E-state index contributed by atoms with van der Waals surface area (Å²) < 4.78 is 0. The number of rotatable bonds is 4. The molecule has 0 radical (unpaired) electrons. The van der Waals surface area contributed by atoms with Gasteiger partial charge in [0.2, 0.25) is 0 Å². The van der Waals surface area contributed by atoms with Crippen molar-refractivity contribution in [2.24, 2.45) is 0 Å².